The standard InChI is InChI=1S/C13H18FN3O2/c1-9(12(18)16-13(19)15-2)17(3)8-10-4-6-11(14)7-5-10/h4-7,9H,8H2,1-3H3,(H2,15,16,18,19)/p+1/t9-/m1/s1. The first-order valence-electron chi connectivity index (χ1n) is 6.03. The van der Waals surface area contributed by atoms with Crippen LogP contribution in [-0.4, -0.2) is 32.1 Å². The predicted molar refractivity (Wildman–Crippen MR) is 69.1 cm³/mol. The molecule has 0 bridgehead atoms. The van der Waals surface area contributed by atoms with Crippen molar-refractivity contribution in [2.45, 2.75) is 19.5 Å². The van der Waals surface area contributed by atoms with Crippen LogP contribution < -0.4 is 15.5 Å². The van der Waals surface area contributed by atoms with Gasteiger partial charge in [-0.25, -0.2) is 9.18 Å². The van der Waals surface area contributed by atoms with Crippen molar-refractivity contribution in [3.63, 3.8) is 0 Å². The van der Waals surface area contributed by atoms with Gasteiger partial charge in [0.15, 0.2) is 6.04 Å². The van der Waals surface area contributed by atoms with Crippen molar-refractivity contribution >= 4 is 11.9 Å². The molecule has 1 rings (SSSR count). The van der Waals surface area contributed by atoms with Crippen molar-refractivity contribution in [1.82, 2.24) is 10.6 Å². The molecule has 6 heteroatoms. The number of quaternary nitrogens is 1. The minimum absolute atomic E-state index is 0.285. The Morgan fingerprint density at radius 1 is 1.32 bits per heavy atom. The Labute approximate surface area is 111 Å². The highest BCUT2D eigenvalue weighted by atomic mass is 19.1. The van der Waals surface area contributed by atoms with E-state index in [1.165, 1.54) is 19.2 Å². The molecule has 0 radical (unpaired) electrons. The summed E-state index contributed by atoms with van der Waals surface area (Å²) in [6, 6.07) is 5.23. The summed E-state index contributed by atoms with van der Waals surface area (Å²) in [6.07, 6.45) is 0. The zero-order valence-corrected chi connectivity index (χ0v) is 11.3. The van der Waals surface area contributed by atoms with Gasteiger partial charge >= 0.3 is 6.03 Å². The van der Waals surface area contributed by atoms with Crippen LogP contribution in [0.15, 0.2) is 24.3 Å². The van der Waals surface area contributed by atoms with Gasteiger partial charge < -0.3 is 10.2 Å². The van der Waals surface area contributed by atoms with Gasteiger partial charge in [-0.2, -0.15) is 0 Å². The lowest BCUT2D eigenvalue weighted by Crippen LogP contribution is -3.12. The lowest BCUT2D eigenvalue weighted by Gasteiger charge is -2.20. The van der Waals surface area contributed by atoms with E-state index in [0.717, 1.165) is 10.5 Å². The van der Waals surface area contributed by atoms with E-state index in [1.807, 2.05) is 7.05 Å². The summed E-state index contributed by atoms with van der Waals surface area (Å²) in [6.45, 7) is 2.31. The summed E-state index contributed by atoms with van der Waals surface area (Å²) in [7, 11) is 3.29. The van der Waals surface area contributed by atoms with Gasteiger partial charge in [0.2, 0.25) is 0 Å². The number of amides is 3. The molecule has 1 aromatic rings. The number of rotatable bonds is 4. The number of carbonyl (C=O) groups is 2. The Kier molecular flexibility index (Phi) is 5.44. The quantitative estimate of drug-likeness (QED) is 0.701. The van der Waals surface area contributed by atoms with Crippen LogP contribution >= 0.6 is 0 Å². The maximum Gasteiger partial charge on any atom is 0.321 e. The summed E-state index contributed by atoms with van der Waals surface area (Å²) >= 11 is 0. The number of halogens is 1. The second-order valence-corrected chi connectivity index (χ2v) is 4.44. The number of urea groups is 1. The van der Waals surface area contributed by atoms with E-state index >= 15 is 0 Å². The minimum atomic E-state index is -0.522. The highest BCUT2D eigenvalue weighted by Crippen LogP contribution is 2.00. The van der Waals surface area contributed by atoms with Crippen molar-refractivity contribution in [3.05, 3.63) is 35.6 Å². The molecular formula is C13H19FN3O2+. The van der Waals surface area contributed by atoms with Gasteiger partial charge in [0, 0.05) is 12.6 Å². The normalized spacial score (nSPS) is 13.5. The molecule has 3 amide bonds. The monoisotopic (exact) mass is 268 g/mol. The van der Waals surface area contributed by atoms with Crippen molar-refractivity contribution in [2.24, 2.45) is 0 Å². The Hall–Kier alpha value is -1.95. The first-order chi connectivity index (χ1) is 8.93. The minimum Gasteiger partial charge on any atom is -0.341 e. The van der Waals surface area contributed by atoms with E-state index in [4.69, 9.17) is 0 Å². The summed E-state index contributed by atoms with van der Waals surface area (Å²) in [5.41, 5.74) is 0.929. The maximum atomic E-state index is 12.8. The average molecular weight is 268 g/mol. The van der Waals surface area contributed by atoms with E-state index in [1.54, 1.807) is 19.1 Å². The fraction of sp³-hybridized carbons (Fsp3) is 0.385. The maximum absolute atomic E-state index is 12.8. The molecule has 0 saturated heterocycles. The van der Waals surface area contributed by atoms with Crippen LogP contribution in [0.5, 0.6) is 0 Å². The molecular weight excluding hydrogens is 249 g/mol. The van der Waals surface area contributed by atoms with Crippen molar-refractivity contribution < 1.29 is 18.9 Å². The van der Waals surface area contributed by atoms with E-state index in [2.05, 4.69) is 10.6 Å². The van der Waals surface area contributed by atoms with Gasteiger partial charge in [0.1, 0.15) is 12.4 Å². The molecule has 0 fully saturated rings. The van der Waals surface area contributed by atoms with Gasteiger partial charge in [-0.3, -0.25) is 10.1 Å². The summed E-state index contributed by atoms with van der Waals surface area (Å²) in [5.74, 6) is -0.634. The summed E-state index contributed by atoms with van der Waals surface area (Å²) in [5, 5.41) is 4.56. The Balaban J connectivity index is 2.56. The van der Waals surface area contributed by atoms with Crippen LogP contribution in [-0.2, 0) is 11.3 Å². The molecule has 19 heavy (non-hydrogen) atoms. The molecule has 2 atom stereocenters. The first-order valence-corrected chi connectivity index (χ1v) is 6.03. The Bertz CT molecular complexity index is 448. The third-order valence-electron chi connectivity index (χ3n) is 2.99. The van der Waals surface area contributed by atoms with E-state index < -0.39 is 6.03 Å². The molecule has 0 saturated carbocycles. The van der Waals surface area contributed by atoms with E-state index in [0.29, 0.717) is 6.54 Å². The van der Waals surface area contributed by atoms with E-state index in [9.17, 15) is 14.0 Å². The summed E-state index contributed by atoms with van der Waals surface area (Å²) < 4.78 is 12.8. The molecule has 0 heterocycles. The van der Waals surface area contributed by atoms with Gasteiger partial charge in [-0.05, 0) is 19.1 Å². The molecule has 0 aromatic heterocycles. The number of imide groups is 1. The molecule has 104 valence electrons. The molecule has 0 aliphatic heterocycles. The lowest BCUT2D eigenvalue weighted by atomic mass is 10.2. The fourth-order valence-corrected chi connectivity index (χ4v) is 1.58. The second-order valence-electron chi connectivity index (χ2n) is 4.44. The number of likely N-dealkylation sites (N-methyl/N-ethyl adjacent to an activating group) is 1. The largest absolute Gasteiger partial charge is 0.341 e. The molecule has 0 spiro atoms. The van der Waals surface area contributed by atoms with Crippen LogP contribution in [0.4, 0.5) is 9.18 Å². The zero-order chi connectivity index (χ0) is 14.4. The second kappa shape index (κ2) is 6.84. The van der Waals surface area contributed by atoms with Crippen LogP contribution in [0, 0.1) is 5.82 Å². The molecule has 1 unspecified atom stereocenters. The highest BCUT2D eigenvalue weighted by Gasteiger charge is 2.23. The lowest BCUT2D eigenvalue weighted by molar-refractivity contribution is -0.908. The van der Waals surface area contributed by atoms with Gasteiger partial charge in [0.25, 0.3) is 5.91 Å². The van der Waals surface area contributed by atoms with Crippen LogP contribution in [0.25, 0.3) is 0 Å². The van der Waals surface area contributed by atoms with Crippen LogP contribution in [0.3, 0.4) is 0 Å². The molecule has 1 aromatic carbocycles. The van der Waals surface area contributed by atoms with Crippen LogP contribution in [0.1, 0.15) is 12.5 Å². The zero-order valence-electron chi connectivity index (χ0n) is 11.3. The Morgan fingerprint density at radius 2 is 1.89 bits per heavy atom. The van der Waals surface area contributed by atoms with Gasteiger partial charge in [-0.1, -0.05) is 12.1 Å². The third-order valence-corrected chi connectivity index (χ3v) is 2.99. The SMILES string of the molecule is CNC(=O)NC(=O)[C@@H](C)[NH+](C)Cc1ccc(F)cc1. The molecule has 0 aliphatic rings. The highest BCUT2D eigenvalue weighted by molar-refractivity contribution is 5.96. The fourth-order valence-electron chi connectivity index (χ4n) is 1.58. The number of hydrogen-bond acceptors (Lipinski definition) is 2. The van der Waals surface area contributed by atoms with Gasteiger partial charge in [-0.15, -0.1) is 0 Å². The number of nitrogens with one attached hydrogen (secondary N) is 3. The molecule has 3 N–H and O–H groups in total. The molecule has 5 nitrogen and oxygen atoms in total. The number of hydrogen-bond donors (Lipinski definition) is 3. The Morgan fingerprint density at radius 3 is 2.42 bits per heavy atom. The average Bonchev–Trinajstić information content (AvgIpc) is 2.40. The van der Waals surface area contributed by atoms with Gasteiger partial charge in [0.05, 0.1) is 7.05 Å². The first kappa shape index (κ1) is 15.1. The molecule has 0 aliphatic carbocycles. The van der Waals surface area contributed by atoms with Crippen molar-refractivity contribution in [3.8, 4) is 0 Å². The number of carbonyl (C=O) groups excluding carboxylic acids is 2. The predicted octanol–water partition coefficient (Wildman–Crippen LogP) is -0.315. The smallest absolute Gasteiger partial charge is 0.321 e. The van der Waals surface area contributed by atoms with Crippen molar-refractivity contribution in [2.75, 3.05) is 14.1 Å². The van der Waals surface area contributed by atoms with Crippen molar-refractivity contribution in [1.29, 1.82) is 0 Å². The topological polar surface area (TPSA) is 62.6 Å². The van der Waals surface area contributed by atoms with E-state index in [-0.39, 0.29) is 17.8 Å². The third kappa shape index (κ3) is 4.67. The summed E-state index contributed by atoms with van der Waals surface area (Å²) in [4.78, 5) is 23.7. The van der Waals surface area contributed by atoms with Crippen LogP contribution in [0.2, 0.25) is 0 Å². The number of benzene rings is 1.